The van der Waals surface area contributed by atoms with Gasteiger partial charge in [-0.05, 0) is 53.6 Å². The molecule has 0 amide bonds. The van der Waals surface area contributed by atoms with E-state index < -0.39 is 0 Å². The second-order valence-corrected chi connectivity index (χ2v) is 10.3. The van der Waals surface area contributed by atoms with Crippen molar-refractivity contribution in [3.63, 3.8) is 0 Å². The van der Waals surface area contributed by atoms with Gasteiger partial charge in [-0.1, -0.05) is 79.5 Å². The number of rotatable bonds is 6. The maximum Gasteiger partial charge on any atom is 0.181 e. The van der Waals surface area contributed by atoms with Gasteiger partial charge < -0.3 is 10.5 Å². The van der Waals surface area contributed by atoms with Crippen molar-refractivity contribution >= 4 is 41.8 Å². The fraction of sp³-hybridized carbons (Fsp3) is 0.300. The molecule has 39 heavy (non-hydrogen) atoms. The lowest BCUT2D eigenvalue weighted by atomic mass is 10.0. The minimum Gasteiger partial charge on any atom is -0.333 e. The molecule has 208 valence electrons. The molecule has 1 saturated heterocycles. The van der Waals surface area contributed by atoms with Gasteiger partial charge in [-0.25, -0.2) is 4.98 Å². The molecule has 2 heterocycles. The number of aromatic amines is 1. The molecule has 3 aromatic carbocycles. The summed E-state index contributed by atoms with van der Waals surface area (Å²) in [4.78, 5) is 15.2. The normalized spacial score (nSPS) is 12.7. The van der Waals surface area contributed by atoms with Crippen molar-refractivity contribution < 1.29 is 4.79 Å². The molecular formula is C30H37Cl2N5OS. The second kappa shape index (κ2) is 17.8. The average Bonchev–Trinajstić information content (AvgIpc) is 3.47. The van der Waals surface area contributed by atoms with Crippen molar-refractivity contribution in [2.24, 2.45) is 5.73 Å². The first-order valence-corrected chi connectivity index (χ1v) is 14.8. The Morgan fingerprint density at radius 2 is 1.59 bits per heavy atom. The highest BCUT2D eigenvalue weighted by atomic mass is 35.5. The summed E-state index contributed by atoms with van der Waals surface area (Å²) in [5.74, 6) is 3.89. The van der Waals surface area contributed by atoms with Crippen LogP contribution in [0.15, 0.2) is 66.7 Å². The molecular weight excluding hydrogens is 549 g/mol. The predicted octanol–water partition coefficient (Wildman–Crippen LogP) is 7.00. The van der Waals surface area contributed by atoms with E-state index in [0.29, 0.717) is 22.3 Å². The smallest absolute Gasteiger partial charge is 0.181 e. The highest BCUT2D eigenvalue weighted by Crippen LogP contribution is 2.26. The van der Waals surface area contributed by atoms with Crippen molar-refractivity contribution in [2.45, 2.75) is 26.8 Å². The highest BCUT2D eigenvalue weighted by Gasteiger charge is 2.12. The van der Waals surface area contributed by atoms with Crippen LogP contribution in [0.2, 0.25) is 10.0 Å². The molecule has 0 radical (unpaired) electrons. The first-order valence-electron chi connectivity index (χ1n) is 12.9. The van der Waals surface area contributed by atoms with Crippen molar-refractivity contribution in [1.29, 1.82) is 0 Å². The maximum absolute atomic E-state index is 8.00. The molecule has 0 spiro atoms. The van der Waals surface area contributed by atoms with Gasteiger partial charge in [0, 0.05) is 53.2 Å². The number of carbonyl (C=O) groups excluding carboxylic acids is 1. The van der Waals surface area contributed by atoms with E-state index in [0.717, 1.165) is 23.5 Å². The van der Waals surface area contributed by atoms with Gasteiger partial charge in [0.05, 0.1) is 0 Å². The Morgan fingerprint density at radius 3 is 2.28 bits per heavy atom. The van der Waals surface area contributed by atoms with Gasteiger partial charge in [0.2, 0.25) is 0 Å². The van der Waals surface area contributed by atoms with Gasteiger partial charge in [-0.2, -0.15) is 16.9 Å². The van der Waals surface area contributed by atoms with E-state index >= 15 is 0 Å². The zero-order valence-electron chi connectivity index (χ0n) is 22.8. The van der Waals surface area contributed by atoms with Crippen LogP contribution in [0.4, 0.5) is 0 Å². The quantitative estimate of drug-likeness (QED) is 0.253. The number of carbonyl (C=O) groups is 1. The molecule has 6 nitrogen and oxygen atoms in total. The Kier molecular flexibility index (Phi) is 14.9. The molecule has 4 aromatic rings. The molecule has 1 aliphatic heterocycles. The number of nitrogens with zero attached hydrogens (tertiary/aromatic N) is 3. The van der Waals surface area contributed by atoms with Crippen molar-refractivity contribution in [1.82, 2.24) is 20.1 Å². The van der Waals surface area contributed by atoms with Gasteiger partial charge in [-0.3, -0.25) is 10.00 Å². The third kappa shape index (κ3) is 9.78. The van der Waals surface area contributed by atoms with Crippen LogP contribution < -0.4 is 5.73 Å². The van der Waals surface area contributed by atoms with E-state index in [-0.39, 0.29) is 0 Å². The van der Waals surface area contributed by atoms with E-state index in [9.17, 15) is 0 Å². The van der Waals surface area contributed by atoms with Gasteiger partial charge >= 0.3 is 0 Å². The van der Waals surface area contributed by atoms with Crippen LogP contribution in [0.25, 0.3) is 22.5 Å². The van der Waals surface area contributed by atoms with Crippen LogP contribution in [-0.4, -0.2) is 58.5 Å². The van der Waals surface area contributed by atoms with Crippen molar-refractivity contribution in [3.05, 3.63) is 93.7 Å². The van der Waals surface area contributed by atoms with E-state index in [1.807, 2.05) is 38.5 Å². The van der Waals surface area contributed by atoms with E-state index in [4.69, 9.17) is 28.0 Å². The number of benzene rings is 3. The third-order valence-electron chi connectivity index (χ3n) is 5.81. The Balaban J connectivity index is 0.000000833. The molecule has 0 saturated carbocycles. The SMILES string of the molecule is C=O.CC.CN.Clc1ccc(Cl)c(Cc2nc(-c3ccc(-c4cccc(CN5CCSCC5)c4)cc3)n[nH]2)c1. The largest absolute Gasteiger partial charge is 0.333 e. The van der Waals surface area contributed by atoms with Gasteiger partial charge in [0.1, 0.15) is 12.6 Å². The van der Waals surface area contributed by atoms with Crippen molar-refractivity contribution in [2.75, 3.05) is 31.6 Å². The summed E-state index contributed by atoms with van der Waals surface area (Å²) < 4.78 is 0. The maximum atomic E-state index is 8.00. The number of hydrogen-bond acceptors (Lipinski definition) is 6. The second-order valence-electron chi connectivity index (χ2n) is 8.18. The first kappa shape index (κ1) is 32.5. The summed E-state index contributed by atoms with van der Waals surface area (Å²) in [6.45, 7) is 9.36. The summed E-state index contributed by atoms with van der Waals surface area (Å²) in [7, 11) is 1.50. The van der Waals surface area contributed by atoms with Crippen LogP contribution in [-0.2, 0) is 17.8 Å². The summed E-state index contributed by atoms with van der Waals surface area (Å²) in [6.07, 6.45) is 0.549. The lowest BCUT2D eigenvalue weighted by Gasteiger charge is -2.26. The minimum absolute atomic E-state index is 0.549. The Bertz CT molecular complexity index is 1260. The Morgan fingerprint density at radius 1 is 0.923 bits per heavy atom. The molecule has 1 fully saturated rings. The fourth-order valence-electron chi connectivity index (χ4n) is 4.04. The number of nitrogens with two attached hydrogens (primary N) is 1. The van der Waals surface area contributed by atoms with Crippen LogP contribution >= 0.6 is 35.0 Å². The summed E-state index contributed by atoms with van der Waals surface area (Å²) in [5.41, 5.74) is 10.2. The first-order chi connectivity index (χ1) is 19.1. The summed E-state index contributed by atoms with van der Waals surface area (Å²) >= 11 is 14.4. The molecule has 0 atom stereocenters. The highest BCUT2D eigenvalue weighted by molar-refractivity contribution is 7.99. The zero-order valence-corrected chi connectivity index (χ0v) is 25.1. The van der Waals surface area contributed by atoms with Gasteiger partial charge in [-0.15, -0.1) is 0 Å². The van der Waals surface area contributed by atoms with E-state index in [1.54, 1.807) is 12.1 Å². The van der Waals surface area contributed by atoms with Crippen LogP contribution in [0.3, 0.4) is 0 Å². The Hall–Kier alpha value is -2.68. The molecule has 9 heteroatoms. The summed E-state index contributed by atoms with van der Waals surface area (Å²) in [5, 5.41) is 8.75. The molecule has 1 aliphatic rings. The Labute approximate surface area is 246 Å². The summed E-state index contributed by atoms with van der Waals surface area (Å²) in [6, 6.07) is 22.7. The van der Waals surface area contributed by atoms with E-state index in [2.05, 4.69) is 74.3 Å². The predicted molar refractivity (Wildman–Crippen MR) is 168 cm³/mol. The number of aromatic nitrogens is 3. The number of thioether (sulfide) groups is 1. The van der Waals surface area contributed by atoms with Crippen molar-refractivity contribution in [3.8, 4) is 22.5 Å². The van der Waals surface area contributed by atoms with Gasteiger partial charge in [0.15, 0.2) is 5.82 Å². The zero-order chi connectivity index (χ0) is 28.6. The number of nitrogens with one attached hydrogen (secondary N) is 1. The fourth-order valence-corrected chi connectivity index (χ4v) is 5.40. The van der Waals surface area contributed by atoms with Crippen LogP contribution in [0, 0.1) is 0 Å². The molecule has 1 aromatic heterocycles. The van der Waals surface area contributed by atoms with Gasteiger partial charge in [0.25, 0.3) is 0 Å². The monoisotopic (exact) mass is 585 g/mol. The lowest BCUT2D eigenvalue weighted by Crippen LogP contribution is -2.31. The van der Waals surface area contributed by atoms with Crippen LogP contribution in [0.5, 0.6) is 0 Å². The number of halogens is 2. The number of H-pyrrole nitrogens is 1. The molecule has 0 bridgehead atoms. The average molecular weight is 587 g/mol. The molecule has 5 rings (SSSR count). The molecule has 3 N–H and O–H groups in total. The minimum atomic E-state index is 0.549. The molecule has 0 aliphatic carbocycles. The topological polar surface area (TPSA) is 87.9 Å². The number of hydrogen-bond donors (Lipinski definition) is 2. The van der Waals surface area contributed by atoms with Crippen LogP contribution in [0.1, 0.15) is 30.8 Å². The third-order valence-corrected chi connectivity index (χ3v) is 7.36. The standard InChI is InChI=1S/C26H24Cl2N4S.C2H6.CH5N.CH2O/c27-23-8-9-24(28)22(15-23)16-25-29-26(31-30-25)20-6-4-19(5-7-20)21-3-1-2-18(14-21)17-32-10-12-33-13-11-32;3*1-2/h1-9,14-15H,10-13,16-17H2,(H,29,30,31);1-2H3;2H2,1H3;1H2. The van der Waals surface area contributed by atoms with E-state index in [1.165, 1.54) is 48.3 Å². The molecule has 0 unspecified atom stereocenters. The lowest BCUT2D eigenvalue weighted by molar-refractivity contribution is -0.0979.